The Bertz CT molecular complexity index is 820. The van der Waals surface area contributed by atoms with E-state index in [0.717, 1.165) is 49.7 Å². The van der Waals surface area contributed by atoms with Gasteiger partial charge in [0.1, 0.15) is 0 Å². The van der Waals surface area contributed by atoms with Gasteiger partial charge in [0.25, 0.3) is 0 Å². The van der Waals surface area contributed by atoms with Gasteiger partial charge >= 0.3 is 0 Å². The molecule has 1 aliphatic heterocycles. The minimum Gasteiger partial charge on any atom is -0.512 e. The lowest BCUT2D eigenvalue weighted by molar-refractivity contribution is 0.184. The molecule has 3 rings (SSSR count). The Morgan fingerprint density at radius 2 is 1.96 bits per heavy atom. The molecule has 0 bridgehead atoms. The highest BCUT2D eigenvalue weighted by Crippen LogP contribution is 2.47. The van der Waals surface area contributed by atoms with E-state index in [0.29, 0.717) is 23.5 Å². The largest absolute Gasteiger partial charge is 0.512 e. The maximum Gasteiger partial charge on any atom is 0.185 e. The van der Waals surface area contributed by atoms with Gasteiger partial charge in [-0.1, -0.05) is 56.5 Å². The zero-order valence-electron chi connectivity index (χ0n) is 15.9. The molecule has 0 saturated heterocycles. The molecule has 1 N–H and O–H groups in total. The number of hydrogen-bond donors (Lipinski definition) is 1. The molecule has 0 spiro atoms. The first-order valence-corrected chi connectivity index (χ1v) is 11.4. The van der Waals surface area contributed by atoms with E-state index in [1.165, 1.54) is 0 Å². The highest BCUT2D eigenvalue weighted by molar-refractivity contribution is 7.92. The Morgan fingerprint density at radius 3 is 2.69 bits per heavy atom. The van der Waals surface area contributed by atoms with Crippen LogP contribution >= 0.6 is 0 Å². The summed E-state index contributed by atoms with van der Waals surface area (Å²) in [6, 6.07) is 7.43. The molecule has 0 radical (unpaired) electrons. The molecule has 0 aromatic heterocycles. The van der Waals surface area contributed by atoms with Crippen molar-refractivity contribution >= 4 is 9.84 Å². The first-order valence-electron chi connectivity index (χ1n) is 9.86. The van der Waals surface area contributed by atoms with Gasteiger partial charge in [0.2, 0.25) is 0 Å². The molecule has 0 saturated carbocycles. The van der Waals surface area contributed by atoms with Crippen LogP contribution in [0.15, 0.2) is 52.6 Å². The topological polar surface area (TPSA) is 54.4 Å². The van der Waals surface area contributed by atoms with Crippen molar-refractivity contribution in [2.45, 2.75) is 75.4 Å². The molecular weight excluding hydrogens is 344 g/mol. The number of fused-ring (bicyclic) bond motifs is 1. The van der Waals surface area contributed by atoms with E-state index in [4.69, 9.17) is 0 Å². The molecule has 1 aliphatic carbocycles. The van der Waals surface area contributed by atoms with Gasteiger partial charge in [-0.3, -0.25) is 0 Å². The number of aryl methyl sites for hydroxylation is 1. The van der Waals surface area contributed by atoms with Gasteiger partial charge < -0.3 is 5.11 Å². The summed E-state index contributed by atoms with van der Waals surface area (Å²) < 4.78 is 26.8. The number of sulfone groups is 1. The van der Waals surface area contributed by atoms with E-state index < -0.39 is 15.1 Å². The van der Waals surface area contributed by atoms with Crippen molar-refractivity contribution in [3.8, 4) is 0 Å². The average molecular weight is 375 g/mol. The van der Waals surface area contributed by atoms with Crippen molar-refractivity contribution < 1.29 is 13.5 Å². The molecule has 1 aromatic carbocycles. The molecule has 0 amide bonds. The smallest absolute Gasteiger partial charge is 0.185 e. The van der Waals surface area contributed by atoms with E-state index >= 15 is 0 Å². The fraction of sp³-hybridized carbons (Fsp3) is 0.545. The van der Waals surface area contributed by atoms with Crippen LogP contribution in [0.2, 0.25) is 0 Å². The van der Waals surface area contributed by atoms with E-state index in [1.807, 2.05) is 24.3 Å². The minimum absolute atomic E-state index is 0.304. The van der Waals surface area contributed by atoms with Gasteiger partial charge in [-0.25, -0.2) is 8.42 Å². The minimum atomic E-state index is -3.39. The molecule has 2 unspecified atom stereocenters. The fourth-order valence-electron chi connectivity index (χ4n) is 4.50. The molecule has 4 heteroatoms. The summed E-state index contributed by atoms with van der Waals surface area (Å²) in [4.78, 5) is 0.498. The van der Waals surface area contributed by atoms with Gasteiger partial charge in [0, 0.05) is 5.41 Å². The summed E-state index contributed by atoms with van der Waals surface area (Å²) in [7, 11) is -3.39. The number of benzene rings is 1. The third-order valence-electron chi connectivity index (χ3n) is 6.21. The Morgan fingerprint density at radius 1 is 1.19 bits per heavy atom. The SMILES string of the molecule is CCCCC1(CC)CC(C2CCCc3ccccc3S2(=O)=O)=CC=C1O. The standard InChI is InChI=1S/C22H30O3S/c1-3-5-15-22(4-2)16-18(13-14-21(22)23)20-12-8-10-17-9-6-7-11-19(17)26(20,24)25/h6-7,9,11,13-14,20,23H,3-5,8,10,12,15-16H2,1-2H3. The predicted molar refractivity (Wildman–Crippen MR) is 106 cm³/mol. The Kier molecular flexibility index (Phi) is 5.61. The van der Waals surface area contributed by atoms with Gasteiger partial charge in [-0.05, 0) is 56.2 Å². The Balaban J connectivity index is 1.98. The first kappa shape index (κ1) is 19.2. The molecule has 26 heavy (non-hydrogen) atoms. The summed E-state index contributed by atoms with van der Waals surface area (Å²) in [5.74, 6) is 0.420. The maximum atomic E-state index is 13.4. The van der Waals surface area contributed by atoms with Crippen molar-refractivity contribution in [3.63, 3.8) is 0 Å². The second kappa shape index (κ2) is 7.59. The van der Waals surface area contributed by atoms with Crippen LogP contribution in [0.4, 0.5) is 0 Å². The van der Waals surface area contributed by atoms with Crippen LogP contribution in [0, 0.1) is 5.41 Å². The van der Waals surface area contributed by atoms with Crippen LogP contribution in [0.5, 0.6) is 0 Å². The summed E-state index contributed by atoms with van der Waals surface area (Å²) in [6.07, 6.45) is 10.5. The predicted octanol–water partition coefficient (Wildman–Crippen LogP) is 5.52. The van der Waals surface area contributed by atoms with E-state index in [-0.39, 0.29) is 5.41 Å². The van der Waals surface area contributed by atoms with Gasteiger partial charge in [0.05, 0.1) is 15.9 Å². The Labute approximate surface area is 157 Å². The van der Waals surface area contributed by atoms with Crippen molar-refractivity contribution in [2.75, 3.05) is 0 Å². The van der Waals surface area contributed by atoms with Crippen LogP contribution < -0.4 is 0 Å². The van der Waals surface area contributed by atoms with Crippen LogP contribution in [-0.2, 0) is 16.3 Å². The third-order valence-corrected chi connectivity index (χ3v) is 8.51. The van der Waals surface area contributed by atoms with Crippen LogP contribution in [0.3, 0.4) is 0 Å². The monoisotopic (exact) mass is 374 g/mol. The summed E-state index contributed by atoms with van der Waals surface area (Å²) in [6.45, 7) is 4.25. The molecule has 142 valence electrons. The highest BCUT2D eigenvalue weighted by Gasteiger charge is 2.41. The van der Waals surface area contributed by atoms with Crippen molar-refractivity contribution in [1.82, 2.24) is 0 Å². The van der Waals surface area contributed by atoms with Crippen LogP contribution in [0.25, 0.3) is 0 Å². The molecular formula is C22H30O3S. The molecule has 3 nitrogen and oxygen atoms in total. The van der Waals surface area contributed by atoms with Crippen LogP contribution in [0.1, 0.15) is 64.4 Å². The lowest BCUT2D eigenvalue weighted by Crippen LogP contribution is -2.32. The van der Waals surface area contributed by atoms with Crippen molar-refractivity contribution in [2.24, 2.45) is 5.41 Å². The number of rotatable bonds is 5. The first-order chi connectivity index (χ1) is 12.4. The van der Waals surface area contributed by atoms with Crippen molar-refractivity contribution in [3.05, 3.63) is 53.3 Å². The number of hydrogen-bond acceptors (Lipinski definition) is 3. The zero-order chi connectivity index (χ0) is 18.8. The zero-order valence-corrected chi connectivity index (χ0v) is 16.7. The summed E-state index contributed by atoms with van der Waals surface area (Å²) in [5, 5.41) is 10.1. The van der Waals surface area contributed by atoms with Crippen molar-refractivity contribution in [1.29, 1.82) is 0 Å². The Hall–Kier alpha value is -1.55. The van der Waals surface area contributed by atoms with E-state index in [2.05, 4.69) is 13.8 Å². The molecule has 2 atom stereocenters. The second-order valence-corrected chi connectivity index (χ2v) is 9.84. The number of allylic oxidation sites excluding steroid dienone is 3. The number of aliphatic hydroxyl groups is 1. The number of unbranched alkanes of at least 4 members (excludes halogenated alkanes) is 1. The number of aliphatic hydroxyl groups excluding tert-OH is 1. The molecule has 1 aromatic rings. The maximum absolute atomic E-state index is 13.4. The third kappa shape index (κ3) is 3.36. The summed E-state index contributed by atoms with van der Waals surface area (Å²) in [5.41, 5.74) is 1.61. The quantitative estimate of drug-likeness (QED) is 0.738. The highest BCUT2D eigenvalue weighted by atomic mass is 32.2. The van der Waals surface area contributed by atoms with Gasteiger partial charge in [-0.15, -0.1) is 0 Å². The summed E-state index contributed by atoms with van der Waals surface area (Å²) >= 11 is 0. The molecule has 0 fully saturated rings. The van der Waals surface area contributed by atoms with E-state index in [9.17, 15) is 13.5 Å². The van der Waals surface area contributed by atoms with Crippen LogP contribution in [-0.4, -0.2) is 18.8 Å². The lowest BCUT2D eigenvalue weighted by atomic mass is 9.70. The normalized spacial score (nSPS) is 27.8. The van der Waals surface area contributed by atoms with Gasteiger partial charge in [0.15, 0.2) is 9.84 Å². The lowest BCUT2D eigenvalue weighted by Gasteiger charge is -2.37. The van der Waals surface area contributed by atoms with Gasteiger partial charge in [-0.2, -0.15) is 0 Å². The molecule has 1 heterocycles. The van der Waals surface area contributed by atoms with E-state index in [1.54, 1.807) is 12.1 Å². The fourth-order valence-corrected chi connectivity index (χ4v) is 6.65. The average Bonchev–Trinajstić information content (AvgIpc) is 2.78. The molecule has 2 aliphatic rings. The second-order valence-electron chi connectivity index (χ2n) is 7.74.